The van der Waals surface area contributed by atoms with Crippen molar-refractivity contribution in [3.63, 3.8) is 0 Å². The van der Waals surface area contributed by atoms with Gasteiger partial charge in [0.2, 0.25) is 23.6 Å². The molecule has 0 saturated carbocycles. The molecule has 33 heteroatoms. The van der Waals surface area contributed by atoms with Gasteiger partial charge in [-0.25, -0.2) is 14.4 Å². The number of anilines is 3. The molecule has 16 rings (SSSR count). The second kappa shape index (κ2) is 30.6. The number of amides is 8. The Kier molecular flexibility index (Phi) is 20.7. The van der Waals surface area contributed by atoms with E-state index >= 15 is 0 Å². The Morgan fingerprint density at radius 3 is 1.36 bits per heavy atom. The summed E-state index contributed by atoms with van der Waals surface area (Å²) in [6.07, 6.45) is 3.92. The van der Waals surface area contributed by atoms with E-state index in [9.17, 15) is 63.0 Å². The summed E-state index contributed by atoms with van der Waals surface area (Å²) >= 11 is 0. The minimum absolute atomic E-state index is 0.0205. The first-order chi connectivity index (χ1) is 51.5. The highest BCUT2D eigenvalue weighted by Crippen LogP contribution is 2.36. The van der Waals surface area contributed by atoms with Gasteiger partial charge in [-0.3, -0.25) is 109 Å². The van der Waals surface area contributed by atoms with Gasteiger partial charge in [-0.05, 0) is 113 Å². The number of aromatic nitrogens is 6. The van der Waals surface area contributed by atoms with Gasteiger partial charge in [-0.15, -0.1) is 0 Å². The number of hydrogen-bond acceptors (Lipinski definition) is 24. The first kappa shape index (κ1) is 72.6. The zero-order chi connectivity index (χ0) is 75.1. The molecule has 0 bridgehead atoms. The number of pyridine rings is 2. The molecule has 32 nitrogen and oxygen atoms in total. The standard InChI is InChI=1S/C37H40N10O6.C24H32N8O2.C13H9FN2O4/c1-22-20-44(32-17-24(9-10-38-32)34-29-19-26(47(52)53)4-6-30(29)40-41-34)21-23(2)45(22)16-13-42-11-14-43(15-12-42)25-3-5-27-28(18-25)37(51)46(36(27)50)31-7-8-33(48)39-35(31)49;1-17-15-30(16-18(2)31(17)12-11-29-9-7-25-8-10-29)23-13-19(5-6-26-23)24-21-14-20(32(33)34)3-4-22(21)27-28-24;14-6-1-2-7-8(5-6)13(20)16(12(7)19)9-3-4-10(17)15-11(9)18/h3-6,9-10,17-19,22-23,31H,7-8,11-16,20-21H2,1-2H3,(H,40,41)(H,39,48,49);3-6,13-14,17-18,25H,7-12,15-16H2,1-2H3,(H,27,28);1-2,5,9H,3-4H2,(H,15,17,18)/t22-,23+,31?;17-,18+;. The summed E-state index contributed by atoms with van der Waals surface area (Å²) in [5.74, 6) is -3.34. The number of hydrogen-bond donors (Lipinski definition) is 5. The maximum absolute atomic E-state index is 13.3. The van der Waals surface area contributed by atoms with Crippen LogP contribution in [0.5, 0.6) is 0 Å². The number of H-pyrrole nitrogens is 2. The smallest absolute Gasteiger partial charge is 0.270 e. The van der Waals surface area contributed by atoms with Crippen LogP contribution >= 0.6 is 0 Å². The summed E-state index contributed by atoms with van der Waals surface area (Å²) in [4.78, 5) is 148. The third-order valence-corrected chi connectivity index (χ3v) is 21.5. The topological polar surface area (TPSA) is 371 Å². The molecule has 8 aliphatic rings. The molecule has 8 amide bonds. The molecule has 0 spiro atoms. The van der Waals surface area contributed by atoms with Gasteiger partial charge >= 0.3 is 0 Å². The number of fused-ring (bicyclic) bond motifs is 4. The second-order valence-electron chi connectivity index (χ2n) is 28.3. The van der Waals surface area contributed by atoms with Crippen molar-refractivity contribution < 1.29 is 52.6 Å². The largest absolute Gasteiger partial charge is 0.369 e. The number of benzene rings is 4. The van der Waals surface area contributed by atoms with Gasteiger partial charge in [0.05, 0.1) is 43.1 Å². The monoisotopic (exact) mass is 1460 g/mol. The van der Waals surface area contributed by atoms with E-state index in [0.29, 0.717) is 34.4 Å². The number of rotatable bonds is 15. The van der Waals surface area contributed by atoms with E-state index in [4.69, 9.17) is 0 Å². The summed E-state index contributed by atoms with van der Waals surface area (Å²) in [6, 6.07) is 25.3. The Labute approximate surface area is 612 Å². The lowest BCUT2D eigenvalue weighted by atomic mass is 10.0. The fourth-order valence-electron chi connectivity index (χ4n) is 15.9. The van der Waals surface area contributed by atoms with Crippen molar-refractivity contribution in [2.45, 2.75) is 89.6 Å². The number of non-ortho nitro benzene ring substituents is 2. The molecular weight excluding hydrogens is 1380 g/mol. The Balaban J connectivity index is 0.000000151. The zero-order valence-electron chi connectivity index (χ0n) is 59.5. The van der Waals surface area contributed by atoms with E-state index in [1.165, 1.54) is 18.2 Å². The Bertz CT molecular complexity index is 4840. The molecule has 2 unspecified atom stereocenters. The molecule has 0 radical (unpaired) electrons. The number of nitrogens with zero attached hydrogens (tertiary/aromatic N) is 15. The molecular formula is C74H81FN20O12. The van der Waals surface area contributed by atoms with Crippen LogP contribution in [0.2, 0.25) is 0 Å². The minimum atomic E-state index is -1.02. The second-order valence-corrected chi connectivity index (χ2v) is 28.3. The molecule has 4 aromatic heterocycles. The number of nitro benzene ring substituents is 2. The molecule has 8 aliphatic heterocycles. The third-order valence-electron chi connectivity index (χ3n) is 21.5. The van der Waals surface area contributed by atoms with Crippen LogP contribution in [0.1, 0.15) is 94.8 Å². The average Bonchev–Trinajstić information content (AvgIpc) is 1.62. The highest BCUT2D eigenvalue weighted by molar-refractivity contribution is 6.24. The fraction of sp³-hybridized carbons (Fsp3) is 0.405. The van der Waals surface area contributed by atoms with Gasteiger partial charge in [0.1, 0.15) is 40.9 Å². The number of piperidine rings is 2. The fourth-order valence-corrected chi connectivity index (χ4v) is 15.9. The van der Waals surface area contributed by atoms with Crippen LogP contribution in [-0.4, -0.2) is 258 Å². The quantitative estimate of drug-likeness (QED) is 0.0499. The molecule has 0 aliphatic carbocycles. The molecule has 6 saturated heterocycles. The van der Waals surface area contributed by atoms with E-state index in [0.717, 1.165) is 172 Å². The molecule has 4 aromatic carbocycles. The number of aromatic amines is 2. The number of halogens is 1. The van der Waals surface area contributed by atoms with Crippen LogP contribution in [0, 0.1) is 26.0 Å². The van der Waals surface area contributed by atoms with Crippen LogP contribution < -0.4 is 30.7 Å². The van der Waals surface area contributed by atoms with Crippen molar-refractivity contribution in [2.24, 2.45) is 0 Å². The number of imide groups is 4. The van der Waals surface area contributed by atoms with Crippen LogP contribution in [0.15, 0.2) is 109 Å². The van der Waals surface area contributed by atoms with E-state index in [2.05, 4.69) is 108 Å². The minimum Gasteiger partial charge on any atom is -0.369 e. The van der Waals surface area contributed by atoms with Crippen LogP contribution in [0.25, 0.3) is 44.3 Å². The van der Waals surface area contributed by atoms with Crippen molar-refractivity contribution in [3.8, 4) is 22.5 Å². The summed E-state index contributed by atoms with van der Waals surface area (Å²) in [7, 11) is 0. The summed E-state index contributed by atoms with van der Waals surface area (Å²) in [5, 5.41) is 46.7. The van der Waals surface area contributed by atoms with Crippen molar-refractivity contribution in [2.75, 3.05) is 119 Å². The van der Waals surface area contributed by atoms with Gasteiger partial charge in [-0.2, -0.15) is 10.2 Å². The van der Waals surface area contributed by atoms with E-state index in [-0.39, 0.29) is 70.8 Å². The van der Waals surface area contributed by atoms with Crippen LogP contribution in [0.3, 0.4) is 0 Å². The molecule has 8 aromatic rings. The molecule has 6 atom stereocenters. The SMILES string of the molecule is C[C@@H]1CN(c2cc(-c3n[nH]c4ccc([N+](=O)[O-])cc34)ccn2)C[C@H](C)N1CCN1CCN(c2ccc3c(c2)C(=O)N(C2CCC(=O)NC2=O)C3=O)CC1.C[C@@H]1CN(c2cc(-c3n[nH]c4ccc([N+](=O)[O-])cc34)ccn2)C[C@H](C)N1CCN1CCNCC1.O=C1CCC(N2C(=O)c3ccc(F)cc3C2=O)C(=O)N1. The number of carbonyl (C=O) groups excluding carboxylic acids is 8. The van der Waals surface area contributed by atoms with Crippen LogP contribution in [0.4, 0.5) is 33.1 Å². The molecule has 6 fully saturated rings. The summed E-state index contributed by atoms with van der Waals surface area (Å²) < 4.78 is 13.2. The van der Waals surface area contributed by atoms with Gasteiger partial charge in [0.15, 0.2) is 0 Å². The lowest BCUT2D eigenvalue weighted by molar-refractivity contribution is -0.384. The molecule has 107 heavy (non-hydrogen) atoms. The average molecular weight is 1460 g/mol. The summed E-state index contributed by atoms with van der Waals surface area (Å²) in [6.45, 7) is 24.3. The van der Waals surface area contributed by atoms with Gasteiger partial charge in [0, 0.05) is 206 Å². The Hall–Kier alpha value is -11.4. The molecule has 556 valence electrons. The predicted octanol–water partition coefficient (Wildman–Crippen LogP) is 5.22. The van der Waals surface area contributed by atoms with Gasteiger partial charge in [0.25, 0.3) is 35.0 Å². The number of nitrogens with one attached hydrogen (secondary N) is 5. The Morgan fingerprint density at radius 2 is 0.907 bits per heavy atom. The molecule has 5 N–H and O–H groups in total. The normalized spacial score (nSPS) is 22.5. The van der Waals surface area contributed by atoms with Crippen LogP contribution in [-0.2, 0) is 19.2 Å². The van der Waals surface area contributed by atoms with Crippen molar-refractivity contribution in [1.82, 2.24) is 75.7 Å². The third kappa shape index (κ3) is 15.0. The molecule has 12 heterocycles. The lowest BCUT2D eigenvalue weighted by Crippen LogP contribution is -2.59. The van der Waals surface area contributed by atoms with Crippen molar-refractivity contribution in [1.29, 1.82) is 0 Å². The van der Waals surface area contributed by atoms with Crippen molar-refractivity contribution >= 4 is 97.8 Å². The van der Waals surface area contributed by atoms with Gasteiger partial charge in [-0.1, -0.05) is 0 Å². The van der Waals surface area contributed by atoms with Crippen molar-refractivity contribution in [3.05, 3.63) is 158 Å². The number of nitro groups is 2. The first-order valence-electron chi connectivity index (χ1n) is 36.0. The van der Waals surface area contributed by atoms with E-state index in [1.54, 1.807) is 48.8 Å². The highest BCUT2D eigenvalue weighted by atomic mass is 19.1. The highest BCUT2D eigenvalue weighted by Gasteiger charge is 2.47. The summed E-state index contributed by atoms with van der Waals surface area (Å²) in [5.41, 5.74) is 6.16. The van der Waals surface area contributed by atoms with E-state index < -0.39 is 70.1 Å². The van der Waals surface area contributed by atoms with E-state index in [1.807, 2.05) is 30.3 Å². The predicted molar refractivity (Wildman–Crippen MR) is 392 cm³/mol. The maximum atomic E-state index is 13.3. The first-order valence-corrected chi connectivity index (χ1v) is 36.0. The Morgan fingerprint density at radius 1 is 0.477 bits per heavy atom. The van der Waals surface area contributed by atoms with Gasteiger partial charge < -0.3 is 20.0 Å². The maximum Gasteiger partial charge on any atom is 0.270 e. The zero-order valence-corrected chi connectivity index (χ0v) is 59.5. The number of carbonyl (C=O) groups is 8. The lowest BCUT2D eigenvalue weighted by Gasteiger charge is -2.46. The number of piperazine rings is 4.